The minimum atomic E-state index is 0.250. The lowest BCUT2D eigenvalue weighted by Gasteiger charge is -2.37. The van der Waals surface area contributed by atoms with E-state index in [2.05, 4.69) is 15.1 Å². The molecule has 0 saturated carbocycles. The van der Waals surface area contributed by atoms with Crippen molar-refractivity contribution in [3.05, 3.63) is 0 Å². The summed E-state index contributed by atoms with van der Waals surface area (Å²) in [5.74, 6) is 0. The predicted octanol–water partition coefficient (Wildman–Crippen LogP) is -0.263. The Morgan fingerprint density at radius 2 is 2.25 bits per heavy atom. The van der Waals surface area contributed by atoms with Gasteiger partial charge in [0, 0.05) is 31.7 Å². The van der Waals surface area contributed by atoms with Crippen molar-refractivity contribution in [3.63, 3.8) is 0 Å². The van der Waals surface area contributed by atoms with Crippen LogP contribution in [0.5, 0.6) is 0 Å². The van der Waals surface area contributed by atoms with Gasteiger partial charge in [0.15, 0.2) is 0 Å². The molecule has 2 aliphatic heterocycles. The molecule has 2 atom stereocenters. The summed E-state index contributed by atoms with van der Waals surface area (Å²) in [5, 5.41) is 12.3. The number of fused-ring (bicyclic) bond motifs is 1. The van der Waals surface area contributed by atoms with Gasteiger partial charge in [-0.3, -0.25) is 4.90 Å². The van der Waals surface area contributed by atoms with Crippen LogP contribution in [0.15, 0.2) is 0 Å². The number of aliphatic hydroxyl groups excluding tert-OH is 1. The van der Waals surface area contributed by atoms with Crippen LogP contribution < -0.4 is 5.32 Å². The average molecular weight is 227 g/mol. The number of hydrogen-bond acceptors (Lipinski definition) is 4. The van der Waals surface area contributed by atoms with Gasteiger partial charge in [-0.15, -0.1) is 0 Å². The zero-order valence-corrected chi connectivity index (χ0v) is 10.4. The zero-order chi connectivity index (χ0) is 11.4. The van der Waals surface area contributed by atoms with Crippen LogP contribution in [0.1, 0.15) is 19.3 Å². The van der Waals surface area contributed by atoms with Crippen LogP contribution in [0.25, 0.3) is 0 Å². The normalized spacial score (nSPS) is 29.2. The molecule has 2 aliphatic rings. The molecule has 0 spiro atoms. The van der Waals surface area contributed by atoms with E-state index >= 15 is 0 Å². The smallest absolute Gasteiger partial charge is 0.0585 e. The first-order valence-corrected chi connectivity index (χ1v) is 6.58. The van der Waals surface area contributed by atoms with Crippen LogP contribution in [0.2, 0.25) is 0 Å². The highest BCUT2D eigenvalue weighted by Crippen LogP contribution is 2.21. The lowest BCUT2D eigenvalue weighted by atomic mass is 10.1. The Balaban J connectivity index is 1.70. The Kier molecular flexibility index (Phi) is 4.58. The molecule has 0 amide bonds. The zero-order valence-electron chi connectivity index (χ0n) is 10.4. The van der Waals surface area contributed by atoms with Crippen molar-refractivity contribution in [1.82, 2.24) is 15.1 Å². The Labute approximate surface area is 98.6 Å². The highest BCUT2D eigenvalue weighted by Gasteiger charge is 2.30. The Morgan fingerprint density at radius 1 is 1.38 bits per heavy atom. The van der Waals surface area contributed by atoms with E-state index in [1.165, 1.54) is 39.0 Å². The molecule has 2 N–H and O–H groups in total. The van der Waals surface area contributed by atoms with Crippen molar-refractivity contribution in [2.45, 2.75) is 31.3 Å². The molecule has 0 aromatic rings. The van der Waals surface area contributed by atoms with Gasteiger partial charge in [-0.2, -0.15) is 0 Å². The number of piperazine rings is 1. The van der Waals surface area contributed by atoms with E-state index in [1.807, 2.05) is 7.05 Å². The SMILES string of the molecule is CNC(CO)CCN1CCN2CCCC2C1. The summed E-state index contributed by atoms with van der Waals surface area (Å²) in [4.78, 5) is 5.20. The highest BCUT2D eigenvalue weighted by molar-refractivity contribution is 4.87. The van der Waals surface area contributed by atoms with Gasteiger partial charge in [-0.05, 0) is 39.4 Å². The van der Waals surface area contributed by atoms with E-state index in [0.717, 1.165) is 19.0 Å². The minimum absolute atomic E-state index is 0.250. The van der Waals surface area contributed by atoms with Gasteiger partial charge < -0.3 is 15.3 Å². The van der Waals surface area contributed by atoms with Crippen molar-refractivity contribution in [2.75, 3.05) is 46.4 Å². The van der Waals surface area contributed by atoms with E-state index in [4.69, 9.17) is 5.11 Å². The van der Waals surface area contributed by atoms with Gasteiger partial charge in [-0.25, -0.2) is 0 Å². The topological polar surface area (TPSA) is 38.7 Å². The summed E-state index contributed by atoms with van der Waals surface area (Å²) in [6, 6.07) is 1.08. The monoisotopic (exact) mass is 227 g/mol. The summed E-state index contributed by atoms with van der Waals surface area (Å²) in [6.45, 7) is 6.37. The van der Waals surface area contributed by atoms with Crippen molar-refractivity contribution >= 4 is 0 Å². The second-order valence-corrected chi connectivity index (χ2v) is 5.09. The summed E-state index contributed by atoms with van der Waals surface area (Å²) < 4.78 is 0. The summed E-state index contributed by atoms with van der Waals surface area (Å²) in [7, 11) is 1.93. The molecule has 0 aromatic carbocycles. The molecule has 2 rings (SSSR count). The molecule has 0 bridgehead atoms. The standard InChI is InChI=1S/C12H25N3O/c1-13-11(10-16)4-6-14-7-8-15-5-2-3-12(15)9-14/h11-13,16H,2-10H2,1H3. The van der Waals surface area contributed by atoms with Gasteiger partial charge in [0.2, 0.25) is 0 Å². The van der Waals surface area contributed by atoms with Gasteiger partial charge in [-0.1, -0.05) is 0 Å². The number of rotatable bonds is 5. The minimum Gasteiger partial charge on any atom is -0.395 e. The third kappa shape index (κ3) is 2.94. The van der Waals surface area contributed by atoms with Gasteiger partial charge in [0.05, 0.1) is 6.61 Å². The number of likely N-dealkylation sites (N-methyl/N-ethyl adjacent to an activating group) is 1. The van der Waals surface area contributed by atoms with E-state index in [1.54, 1.807) is 0 Å². The molecule has 16 heavy (non-hydrogen) atoms. The van der Waals surface area contributed by atoms with E-state index in [9.17, 15) is 0 Å². The van der Waals surface area contributed by atoms with Crippen LogP contribution in [0.3, 0.4) is 0 Å². The first-order valence-electron chi connectivity index (χ1n) is 6.58. The maximum absolute atomic E-state index is 9.12. The first-order chi connectivity index (χ1) is 7.83. The molecule has 2 fully saturated rings. The summed E-state index contributed by atoms with van der Waals surface area (Å²) in [5.41, 5.74) is 0. The molecule has 4 heteroatoms. The van der Waals surface area contributed by atoms with E-state index in [0.29, 0.717) is 0 Å². The second-order valence-electron chi connectivity index (χ2n) is 5.09. The number of nitrogens with zero attached hydrogens (tertiary/aromatic N) is 2. The van der Waals surface area contributed by atoms with Crippen molar-refractivity contribution in [2.24, 2.45) is 0 Å². The molecule has 2 heterocycles. The third-order valence-corrected chi connectivity index (χ3v) is 4.09. The molecule has 0 aromatic heterocycles. The molecule has 4 nitrogen and oxygen atoms in total. The third-order valence-electron chi connectivity index (χ3n) is 4.09. The Morgan fingerprint density at radius 3 is 3.00 bits per heavy atom. The molecule has 2 saturated heterocycles. The molecule has 0 radical (unpaired) electrons. The van der Waals surface area contributed by atoms with Crippen LogP contribution in [-0.2, 0) is 0 Å². The average Bonchev–Trinajstić information content (AvgIpc) is 2.77. The second kappa shape index (κ2) is 5.96. The fourth-order valence-corrected chi connectivity index (χ4v) is 2.92. The maximum atomic E-state index is 9.12. The number of nitrogens with one attached hydrogen (secondary N) is 1. The maximum Gasteiger partial charge on any atom is 0.0585 e. The van der Waals surface area contributed by atoms with Crippen molar-refractivity contribution in [3.8, 4) is 0 Å². The lowest BCUT2D eigenvalue weighted by molar-refractivity contribution is 0.0983. The largest absolute Gasteiger partial charge is 0.395 e. The van der Waals surface area contributed by atoms with Crippen LogP contribution >= 0.6 is 0 Å². The number of aliphatic hydroxyl groups is 1. The van der Waals surface area contributed by atoms with E-state index in [-0.39, 0.29) is 12.6 Å². The fourth-order valence-electron chi connectivity index (χ4n) is 2.92. The quantitative estimate of drug-likeness (QED) is 0.678. The van der Waals surface area contributed by atoms with Crippen LogP contribution in [0, 0.1) is 0 Å². The van der Waals surface area contributed by atoms with E-state index < -0.39 is 0 Å². The molecule has 2 unspecified atom stereocenters. The van der Waals surface area contributed by atoms with Gasteiger partial charge in [0.1, 0.15) is 0 Å². The predicted molar refractivity (Wildman–Crippen MR) is 65.6 cm³/mol. The fraction of sp³-hybridized carbons (Fsp3) is 1.00. The molecular weight excluding hydrogens is 202 g/mol. The van der Waals surface area contributed by atoms with Crippen molar-refractivity contribution < 1.29 is 5.11 Å². The number of hydrogen-bond donors (Lipinski definition) is 2. The van der Waals surface area contributed by atoms with Crippen LogP contribution in [0.4, 0.5) is 0 Å². The molecule has 94 valence electrons. The first kappa shape index (κ1) is 12.3. The van der Waals surface area contributed by atoms with Gasteiger partial charge in [0.25, 0.3) is 0 Å². The highest BCUT2D eigenvalue weighted by atomic mass is 16.3. The molecule has 0 aliphatic carbocycles. The van der Waals surface area contributed by atoms with Crippen LogP contribution in [-0.4, -0.2) is 73.4 Å². The Bertz CT molecular complexity index is 208. The summed E-state index contributed by atoms with van der Waals surface area (Å²) >= 11 is 0. The van der Waals surface area contributed by atoms with Crippen molar-refractivity contribution in [1.29, 1.82) is 0 Å². The lowest BCUT2D eigenvalue weighted by Crippen LogP contribution is -2.50. The Hall–Kier alpha value is -0.160. The molecular formula is C12H25N3O. The summed E-state index contributed by atoms with van der Waals surface area (Å²) in [6.07, 6.45) is 3.82. The van der Waals surface area contributed by atoms with Gasteiger partial charge >= 0.3 is 0 Å².